The monoisotopic (exact) mass is 326 g/mol. The summed E-state index contributed by atoms with van der Waals surface area (Å²) in [5, 5.41) is 17.5. The number of aryl methyl sites for hydroxylation is 1. The predicted molar refractivity (Wildman–Crippen MR) is 87.2 cm³/mol. The third-order valence-corrected chi connectivity index (χ3v) is 4.74. The Morgan fingerprint density at radius 3 is 2.96 bits per heavy atom. The largest absolute Gasteiger partial charge is 0.504 e. The summed E-state index contributed by atoms with van der Waals surface area (Å²) in [5.74, 6) is 0.886. The number of nitrogens with zero attached hydrogens (tertiary/aromatic N) is 1. The summed E-state index contributed by atoms with van der Waals surface area (Å²) in [7, 11) is 1.51. The second-order valence-corrected chi connectivity index (χ2v) is 6.17. The van der Waals surface area contributed by atoms with Gasteiger partial charge in [0, 0.05) is 23.6 Å². The Hall–Kier alpha value is -2.76. The van der Waals surface area contributed by atoms with Gasteiger partial charge in [0.1, 0.15) is 0 Å². The molecule has 4 rings (SSSR count). The van der Waals surface area contributed by atoms with Gasteiger partial charge in [-0.3, -0.25) is 4.79 Å². The van der Waals surface area contributed by atoms with Crippen LogP contribution in [0.25, 0.3) is 0 Å². The summed E-state index contributed by atoms with van der Waals surface area (Å²) in [4.78, 5) is 12.6. The lowest BCUT2D eigenvalue weighted by Crippen LogP contribution is -2.26. The van der Waals surface area contributed by atoms with E-state index in [1.54, 1.807) is 12.1 Å². The number of aromatic nitrogens is 1. The number of phenols is 1. The molecule has 1 aliphatic heterocycles. The molecule has 0 fully saturated rings. The Morgan fingerprint density at radius 1 is 1.38 bits per heavy atom. The van der Waals surface area contributed by atoms with Crippen LogP contribution in [0.5, 0.6) is 11.5 Å². The van der Waals surface area contributed by atoms with E-state index in [1.165, 1.54) is 7.11 Å². The number of allylic oxidation sites excluding steroid dienone is 2. The van der Waals surface area contributed by atoms with Crippen LogP contribution in [-0.2, 0) is 4.79 Å². The van der Waals surface area contributed by atoms with Crippen LogP contribution >= 0.6 is 0 Å². The number of anilines is 1. The minimum absolute atomic E-state index is 0.0506. The highest BCUT2D eigenvalue weighted by molar-refractivity contribution is 6.01. The average Bonchev–Trinajstić information content (AvgIpc) is 2.94. The van der Waals surface area contributed by atoms with Crippen LogP contribution in [0.1, 0.15) is 42.0 Å². The van der Waals surface area contributed by atoms with E-state index in [1.807, 2.05) is 13.0 Å². The Balaban J connectivity index is 1.92. The second kappa shape index (κ2) is 5.40. The predicted octanol–water partition coefficient (Wildman–Crippen LogP) is 3.26. The van der Waals surface area contributed by atoms with E-state index in [-0.39, 0.29) is 17.5 Å². The minimum Gasteiger partial charge on any atom is -0.504 e. The Kier molecular flexibility index (Phi) is 3.33. The van der Waals surface area contributed by atoms with Crippen molar-refractivity contribution < 1.29 is 19.2 Å². The molecule has 6 heteroatoms. The normalized spacial score (nSPS) is 19.6. The fraction of sp³-hybridized carbons (Fsp3) is 0.333. The molecular weight excluding hydrogens is 308 g/mol. The van der Waals surface area contributed by atoms with Crippen LogP contribution in [0, 0.1) is 6.92 Å². The molecule has 0 radical (unpaired) electrons. The lowest BCUT2D eigenvalue weighted by atomic mass is 9.76. The standard InChI is InChI=1S/C18H18N2O4/c1-9-15-16(10-6-7-14(23-2)13(22)8-10)17-11(4-3-5-12(17)21)19-18(15)24-20-9/h6-8,16,19,22H,3-5H2,1-2H3. The summed E-state index contributed by atoms with van der Waals surface area (Å²) in [5.41, 5.74) is 4.07. The van der Waals surface area contributed by atoms with Crippen molar-refractivity contribution in [1.82, 2.24) is 5.16 Å². The maximum Gasteiger partial charge on any atom is 0.233 e. The number of Topliss-reactive ketones (excluding diaryl/α,β-unsaturated/α-hetero) is 1. The molecule has 0 bridgehead atoms. The molecule has 0 saturated heterocycles. The van der Waals surface area contributed by atoms with E-state index in [2.05, 4.69) is 10.5 Å². The molecule has 2 N–H and O–H groups in total. The smallest absolute Gasteiger partial charge is 0.233 e. The van der Waals surface area contributed by atoms with Crippen molar-refractivity contribution in [3.63, 3.8) is 0 Å². The van der Waals surface area contributed by atoms with E-state index >= 15 is 0 Å². The lowest BCUT2D eigenvalue weighted by Gasteiger charge is -2.31. The number of carbonyl (C=O) groups is 1. The first-order valence-electron chi connectivity index (χ1n) is 7.96. The van der Waals surface area contributed by atoms with Gasteiger partial charge >= 0.3 is 0 Å². The van der Waals surface area contributed by atoms with Gasteiger partial charge in [-0.05, 0) is 37.5 Å². The van der Waals surface area contributed by atoms with E-state index in [0.29, 0.717) is 18.1 Å². The molecule has 24 heavy (non-hydrogen) atoms. The summed E-state index contributed by atoms with van der Waals surface area (Å²) < 4.78 is 10.5. The quantitative estimate of drug-likeness (QED) is 0.881. The zero-order valence-electron chi connectivity index (χ0n) is 13.5. The minimum atomic E-state index is -0.285. The Labute approximate surface area is 139 Å². The van der Waals surface area contributed by atoms with Crippen LogP contribution in [-0.4, -0.2) is 23.2 Å². The maximum atomic E-state index is 12.6. The number of benzene rings is 1. The van der Waals surface area contributed by atoms with Crippen LogP contribution in [0.3, 0.4) is 0 Å². The molecule has 124 valence electrons. The SMILES string of the molecule is COc1ccc(C2C3=C(CCCC3=O)Nc3onc(C)c32)cc1O. The third kappa shape index (κ3) is 2.10. The number of ether oxygens (including phenoxy) is 1. The summed E-state index contributed by atoms with van der Waals surface area (Å²) >= 11 is 0. The van der Waals surface area contributed by atoms with Gasteiger partial charge in [-0.2, -0.15) is 0 Å². The Morgan fingerprint density at radius 2 is 2.21 bits per heavy atom. The van der Waals surface area contributed by atoms with Gasteiger partial charge in [0.2, 0.25) is 5.88 Å². The van der Waals surface area contributed by atoms with Gasteiger partial charge in [0.15, 0.2) is 17.3 Å². The van der Waals surface area contributed by atoms with Crippen molar-refractivity contribution in [3.8, 4) is 11.5 Å². The summed E-state index contributed by atoms with van der Waals surface area (Å²) in [6.45, 7) is 1.86. The molecule has 6 nitrogen and oxygen atoms in total. The number of carbonyl (C=O) groups excluding carboxylic acids is 1. The molecule has 1 aromatic carbocycles. The number of phenolic OH excluding ortho intramolecular Hbond substituents is 1. The number of ketones is 1. The molecule has 1 aliphatic carbocycles. The Bertz CT molecular complexity index is 866. The molecule has 2 aliphatic rings. The number of fused-ring (bicyclic) bond motifs is 1. The van der Waals surface area contributed by atoms with Crippen molar-refractivity contribution in [2.45, 2.75) is 32.1 Å². The number of aromatic hydroxyl groups is 1. The van der Waals surface area contributed by atoms with Crippen LogP contribution < -0.4 is 10.1 Å². The second-order valence-electron chi connectivity index (χ2n) is 6.17. The fourth-order valence-electron chi connectivity index (χ4n) is 3.64. The van der Waals surface area contributed by atoms with Crippen molar-refractivity contribution in [1.29, 1.82) is 0 Å². The number of nitrogens with one attached hydrogen (secondary N) is 1. The molecule has 2 heterocycles. The molecular formula is C18H18N2O4. The zero-order chi connectivity index (χ0) is 16.8. The van der Waals surface area contributed by atoms with Crippen molar-refractivity contribution in [2.24, 2.45) is 0 Å². The molecule has 0 spiro atoms. The van der Waals surface area contributed by atoms with E-state index in [4.69, 9.17) is 9.26 Å². The third-order valence-electron chi connectivity index (χ3n) is 4.74. The molecule has 0 amide bonds. The molecule has 0 saturated carbocycles. The van der Waals surface area contributed by atoms with Crippen molar-refractivity contribution >= 4 is 11.7 Å². The van der Waals surface area contributed by atoms with Crippen LogP contribution in [0.15, 0.2) is 34.0 Å². The topological polar surface area (TPSA) is 84.6 Å². The zero-order valence-corrected chi connectivity index (χ0v) is 13.5. The van der Waals surface area contributed by atoms with E-state index in [0.717, 1.165) is 40.9 Å². The van der Waals surface area contributed by atoms with Gasteiger partial charge in [0.05, 0.1) is 18.4 Å². The first-order valence-corrected chi connectivity index (χ1v) is 7.96. The fourth-order valence-corrected chi connectivity index (χ4v) is 3.64. The van der Waals surface area contributed by atoms with Crippen molar-refractivity contribution in [2.75, 3.05) is 12.4 Å². The highest BCUT2D eigenvalue weighted by atomic mass is 16.5. The van der Waals surface area contributed by atoms with Gasteiger partial charge in [0.25, 0.3) is 0 Å². The van der Waals surface area contributed by atoms with Crippen LogP contribution in [0.4, 0.5) is 5.88 Å². The van der Waals surface area contributed by atoms with Gasteiger partial charge in [-0.15, -0.1) is 0 Å². The highest BCUT2D eigenvalue weighted by Gasteiger charge is 2.38. The molecule has 1 atom stereocenters. The number of methoxy groups -OCH3 is 1. The van der Waals surface area contributed by atoms with Gasteiger partial charge < -0.3 is 19.7 Å². The first-order chi connectivity index (χ1) is 11.6. The first kappa shape index (κ1) is 14.8. The number of hydrogen-bond donors (Lipinski definition) is 2. The molecule has 2 aromatic rings. The van der Waals surface area contributed by atoms with Crippen molar-refractivity contribution in [3.05, 3.63) is 46.3 Å². The van der Waals surface area contributed by atoms with E-state index in [9.17, 15) is 9.90 Å². The molecule has 1 aromatic heterocycles. The van der Waals surface area contributed by atoms with E-state index < -0.39 is 0 Å². The maximum absolute atomic E-state index is 12.6. The molecule has 1 unspecified atom stereocenters. The lowest BCUT2D eigenvalue weighted by molar-refractivity contribution is -0.116. The number of hydrogen-bond acceptors (Lipinski definition) is 6. The van der Waals surface area contributed by atoms with Crippen LogP contribution in [0.2, 0.25) is 0 Å². The number of rotatable bonds is 2. The highest BCUT2D eigenvalue weighted by Crippen LogP contribution is 2.47. The average molecular weight is 326 g/mol. The van der Waals surface area contributed by atoms with Gasteiger partial charge in [-0.1, -0.05) is 11.2 Å². The summed E-state index contributed by atoms with van der Waals surface area (Å²) in [6, 6.07) is 5.23. The summed E-state index contributed by atoms with van der Waals surface area (Å²) in [6.07, 6.45) is 2.17. The van der Waals surface area contributed by atoms with Gasteiger partial charge in [-0.25, -0.2) is 0 Å².